The molecule has 1 aromatic heterocycles. The highest BCUT2D eigenvalue weighted by Gasteiger charge is 2.57. The van der Waals surface area contributed by atoms with Crippen LogP contribution < -0.4 is 5.32 Å². The van der Waals surface area contributed by atoms with Crippen LogP contribution in [0.4, 0.5) is 5.13 Å². The fourth-order valence-corrected chi connectivity index (χ4v) is 6.47. The Bertz CT molecular complexity index is 591. The standard InChI is InChI=1S/C17H24N2O2S/c1-10-11(2)22-15(18-10)19-14(20)8-16-4-12-3-13(5-16)7-17(21,6-12)9-16/h12-13,21H,3-9H2,1-2H3,(H,18,19,20)/t12-,13-,16?,17?/m1/s1. The Morgan fingerprint density at radius 1 is 1.32 bits per heavy atom. The summed E-state index contributed by atoms with van der Waals surface area (Å²) in [6, 6.07) is 0. The highest BCUT2D eigenvalue weighted by Crippen LogP contribution is 2.62. The van der Waals surface area contributed by atoms with Crippen molar-refractivity contribution in [3.8, 4) is 0 Å². The molecular formula is C17H24N2O2S. The van der Waals surface area contributed by atoms with Gasteiger partial charge in [0, 0.05) is 11.3 Å². The molecule has 4 saturated carbocycles. The highest BCUT2D eigenvalue weighted by molar-refractivity contribution is 7.15. The fourth-order valence-electron chi connectivity index (χ4n) is 5.64. The normalized spacial score (nSPS) is 39.2. The quantitative estimate of drug-likeness (QED) is 0.897. The van der Waals surface area contributed by atoms with Crippen LogP contribution in [0.5, 0.6) is 0 Å². The third-order valence-corrected chi connectivity index (χ3v) is 6.95. The van der Waals surface area contributed by atoms with E-state index in [-0.39, 0.29) is 11.3 Å². The Hall–Kier alpha value is -0.940. The van der Waals surface area contributed by atoms with E-state index in [0.717, 1.165) is 42.7 Å². The molecule has 0 aliphatic heterocycles. The van der Waals surface area contributed by atoms with E-state index >= 15 is 0 Å². The summed E-state index contributed by atoms with van der Waals surface area (Å²) in [6.07, 6.45) is 6.77. The molecule has 0 radical (unpaired) electrons. The Morgan fingerprint density at radius 2 is 2.00 bits per heavy atom. The lowest BCUT2D eigenvalue weighted by atomic mass is 9.47. The molecule has 22 heavy (non-hydrogen) atoms. The van der Waals surface area contributed by atoms with Gasteiger partial charge in [-0.2, -0.15) is 0 Å². The van der Waals surface area contributed by atoms with Gasteiger partial charge in [0.15, 0.2) is 5.13 Å². The number of anilines is 1. The van der Waals surface area contributed by atoms with Crippen molar-refractivity contribution in [1.82, 2.24) is 4.98 Å². The molecule has 4 aliphatic rings. The van der Waals surface area contributed by atoms with Crippen molar-refractivity contribution in [2.45, 2.75) is 64.4 Å². The molecule has 1 amide bonds. The lowest BCUT2D eigenvalue weighted by molar-refractivity contribution is -0.167. The molecule has 0 aromatic carbocycles. The number of carbonyl (C=O) groups excluding carboxylic acids is 1. The van der Waals surface area contributed by atoms with E-state index in [1.165, 1.54) is 6.42 Å². The zero-order valence-corrected chi connectivity index (χ0v) is 14.1. The minimum Gasteiger partial charge on any atom is -0.390 e. The van der Waals surface area contributed by atoms with Crippen molar-refractivity contribution in [3.63, 3.8) is 0 Å². The van der Waals surface area contributed by atoms with Crippen molar-refractivity contribution in [2.24, 2.45) is 17.3 Å². The van der Waals surface area contributed by atoms with Gasteiger partial charge < -0.3 is 10.4 Å². The molecule has 2 atom stereocenters. The van der Waals surface area contributed by atoms with Crippen LogP contribution in [0.1, 0.15) is 55.5 Å². The number of aliphatic hydroxyl groups is 1. The van der Waals surface area contributed by atoms with Crippen molar-refractivity contribution in [3.05, 3.63) is 10.6 Å². The first-order valence-corrected chi connectivity index (χ1v) is 9.13. The number of rotatable bonds is 3. The first-order chi connectivity index (χ1) is 10.3. The van der Waals surface area contributed by atoms with Crippen LogP contribution >= 0.6 is 11.3 Å². The maximum Gasteiger partial charge on any atom is 0.226 e. The third-order valence-electron chi connectivity index (χ3n) is 5.96. The van der Waals surface area contributed by atoms with Gasteiger partial charge >= 0.3 is 0 Å². The molecule has 120 valence electrons. The molecule has 0 saturated heterocycles. The number of thiazole rings is 1. The van der Waals surface area contributed by atoms with E-state index in [2.05, 4.69) is 10.3 Å². The number of carbonyl (C=O) groups is 1. The number of amides is 1. The van der Waals surface area contributed by atoms with Crippen molar-refractivity contribution >= 4 is 22.4 Å². The lowest BCUT2D eigenvalue weighted by Crippen LogP contribution is -2.56. The van der Waals surface area contributed by atoms with Crippen molar-refractivity contribution < 1.29 is 9.90 Å². The molecular weight excluding hydrogens is 296 g/mol. The molecule has 2 N–H and O–H groups in total. The second-order valence-electron chi connectivity index (χ2n) is 8.07. The van der Waals surface area contributed by atoms with Gasteiger partial charge in [-0.15, -0.1) is 11.3 Å². The van der Waals surface area contributed by atoms with E-state index in [4.69, 9.17) is 0 Å². The van der Waals surface area contributed by atoms with Crippen LogP contribution in [0.15, 0.2) is 0 Å². The van der Waals surface area contributed by atoms with Crippen LogP contribution in [0.3, 0.4) is 0 Å². The summed E-state index contributed by atoms with van der Waals surface area (Å²) < 4.78 is 0. The summed E-state index contributed by atoms with van der Waals surface area (Å²) in [5.41, 5.74) is 0.535. The van der Waals surface area contributed by atoms with Crippen LogP contribution in [0.25, 0.3) is 0 Å². The lowest BCUT2D eigenvalue weighted by Gasteiger charge is -2.60. The summed E-state index contributed by atoms with van der Waals surface area (Å²) in [4.78, 5) is 18.0. The summed E-state index contributed by atoms with van der Waals surface area (Å²) >= 11 is 1.54. The Kier molecular flexibility index (Phi) is 3.18. The number of aryl methyl sites for hydroxylation is 2. The van der Waals surface area contributed by atoms with Crippen molar-refractivity contribution in [2.75, 3.05) is 5.32 Å². The average molecular weight is 320 g/mol. The van der Waals surface area contributed by atoms with Gasteiger partial charge in [-0.3, -0.25) is 4.79 Å². The third kappa shape index (κ3) is 2.48. The minimum absolute atomic E-state index is 0.0320. The number of hydrogen-bond donors (Lipinski definition) is 2. The maximum atomic E-state index is 12.5. The van der Waals surface area contributed by atoms with Crippen LogP contribution in [0.2, 0.25) is 0 Å². The molecule has 4 fully saturated rings. The SMILES string of the molecule is Cc1nc(NC(=O)CC23C[C@H]4C[C@@H](CC(O)(C4)C2)C3)sc1C. The Morgan fingerprint density at radius 3 is 2.55 bits per heavy atom. The summed E-state index contributed by atoms with van der Waals surface area (Å²) in [6.45, 7) is 3.99. The monoisotopic (exact) mass is 320 g/mol. The van der Waals surface area contributed by atoms with Gasteiger partial charge in [0.2, 0.25) is 5.91 Å². The highest BCUT2D eigenvalue weighted by atomic mass is 32.1. The van der Waals surface area contributed by atoms with Gasteiger partial charge in [0.25, 0.3) is 0 Å². The van der Waals surface area contributed by atoms with Gasteiger partial charge in [-0.05, 0) is 69.6 Å². The van der Waals surface area contributed by atoms with E-state index in [1.54, 1.807) is 11.3 Å². The Balaban J connectivity index is 1.47. The molecule has 4 aliphatic carbocycles. The summed E-state index contributed by atoms with van der Waals surface area (Å²) in [7, 11) is 0. The van der Waals surface area contributed by atoms with Gasteiger partial charge in [-0.1, -0.05) is 0 Å². The van der Waals surface area contributed by atoms with Crippen LogP contribution in [0, 0.1) is 31.1 Å². The number of nitrogens with zero attached hydrogens (tertiary/aromatic N) is 1. The van der Waals surface area contributed by atoms with Crippen LogP contribution in [-0.4, -0.2) is 21.6 Å². The minimum atomic E-state index is -0.487. The average Bonchev–Trinajstić information content (AvgIpc) is 2.63. The number of hydrogen-bond acceptors (Lipinski definition) is 4. The first kappa shape index (κ1) is 14.6. The second kappa shape index (κ2) is 4.78. The van der Waals surface area contributed by atoms with Crippen LogP contribution in [-0.2, 0) is 4.79 Å². The molecule has 5 heteroatoms. The van der Waals surface area contributed by atoms with Gasteiger partial charge in [0.05, 0.1) is 11.3 Å². The molecule has 1 heterocycles. The summed E-state index contributed by atoms with van der Waals surface area (Å²) in [5, 5.41) is 14.5. The maximum absolute atomic E-state index is 12.5. The molecule has 5 rings (SSSR count). The zero-order valence-electron chi connectivity index (χ0n) is 13.3. The summed E-state index contributed by atoms with van der Waals surface area (Å²) in [5.74, 6) is 1.33. The van der Waals surface area contributed by atoms with E-state index in [9.17, 15) is 9.90 Å². The molecule has 0 spiro atoms. The fraction of sp³-hybridized carbons (Fsp3) is 0.765. The topological polar surface area (TPSA) is 62.2 Å². The van der Waals surface area contributed by atoms with E-state index < -0.39 is 5.60 Å². The molecule has 1 aromatic rings. The van der Waals surface area contributed by atoms with Gasteiger partial charge in [0.1, 0.15) is 0 Å². The molecule has 4 bridgehead atoms. The molecule has 4 nitrogen and oxygen atoms in total. The first-order valence-electron chi connectivity index (χ1n) is 8.31. The van der Waals surface area contributed by atoms with E-state index in [0.29, 0.717) is 23.4 Å². The van der Waals surface area contributed by atoms with Crippen molar-refractivity contribution in [1.29, 1.82) is 0 Å². The Labute approximate surface area is 135 Å². The second-order valence-corrected chi connectivity index (χ2v) is 9.27. The molecule has 0 unspecified atom stereocenters. The predicted octanol–water partition coefficient (Wildman–Crippen LogP) is 3.42. The smallest absolute Gasteiger partial charge is 0.226 e. The zero-order chi connectivity index (χ0) is 15.5. The largest absolute Gasteiger partial charge is 0.390 e. The van der Waals surface area contributed by atoms with Gasteiger partial charge in [-0.25, -0.2) is 4.98 Å². The van der Waals surface area contributed by atoms with E-state index in [1.807, 2.05) is 13.8 Å². The number of aromatic nitrogens is 1. The number of nitrogens with one attached hydrogen (secondary N) is 1. The predicted molar refractivity (Wildman–Crippen MR) is 86.9 cm³/mol.